The maximum absolute atomic E-state index is 4.40. The van der Waals surface area contributed by atoms with E-state index in [0.29, 0.717) is 6.04 Å². The molecule has 5 heteroatoms. The van der Waals surface area contributed by atoms with Crippen molar-refractivity contribution in [1.29, 1.82) is 0 Å². The van der Waals surface area contributed by atoms with Crippen LogP contribution in [-0.4, -0.2) is 31.6 Å². The number of piperidine rings is 1. The first-order valence-corrected chi connectivity index (χ1v) is 6.43. The summed E-state index contributed by atoms with van der Waals surface area (Å²) in [7, 11) is 0. The third-order valence-electron chi connectivity index (χ3n) is 3.45. The molecule has 2 aromatic heterocycles. The van der Waals surface area contributed by atoms with Gasteiger partial charge in [0, 0.05) is 12.7 Å². The van der Waals surface area contributed by atoms with Crippen molar-refractivity contribution in [2.45, 2.75) is 31.8 Å². The van der Waals surface area contributed by atoms with Crippen LogP contribution >= 0.6 is 0 Å². The Hall–Kier alpha value is -1.75. The van der Waals surface area contributed by atoms with E-state index in [4.69, 9.17) is 0 Å². The van der Waals surface area contributed by atoms with E-state index in [1.807, 2.05) is 18.3 Å². The van der Waals surface area contributed by atoms with Gasteiger partial charge in [-0.1, -0.05) is 12.5 Å². The van der Waals surface area contributed by atoms with E-state index in [-0.39, 0.29) is 0 Å². The molecule has 2 aromatic rings. The molecule has 1 unspecified atom stereocenters. The topological polar surface area (TPSA) is 57.7 Å². The zero-order chi connectivity index (χ0) is 12.2. The quantitative estimate of drug-likeness (QED) is 0.895. The predicted molar refractivity (Wildman–Crippen MR) is 67.6 cm³/mol. The number of hydrogen-bond acceptors (Lipinski definition) is 4. The first-order valence-electron chi connectivity index (χ1n) is 6.43. The van der Waals surface area contributed by atoms with Gasteiger partial charge in [0.25, 0.3) is 0 Å². The fraction of sp³-hybridized carbons (Fsp3) is 0.462. The van der Waals surface area contributed by atoms with Gasteiger partial charge in [0.1, 0.15) is 12.2 Å². The average molecular weight is 243 g/mol. The SMILES string of the molecule is c1ccc(CN2CCCCC2c2ncn[nH]2)nc1. The summed E-state index contributed by atoms with van der Waals surface area (Å²) in [5.74, 6) is 0.977. The summed E-state index contributed by atoms with van der Waals surface area (Å²) in [5, 5.41) is 6.96. The summed E-state index contributed by atoms with van der Waals surface area (Å²) in [4.78, 5) is 11.1. The van der Waals surface area contributed by atoms with Gasteiger partial charge in [-0.3, -0.25) is 15.0 Å². The number of nitrogens with zero attached hydrogens (tertiary/aromatic N) is 4. The minimum Gasteiger partial charge on any atom is -0.288 e. The van der Waals surface area contributed by atoms with E-state index in [1.165, 1.54) is 12.8 Å². The van der Waals surface area contributed by atoms with Crippen molar-refractivity contribution in [2.75, 3.05) is 6.54 Å². The summed E-state index contributed by atoms with van der Waals surface area (Å²) >= 11 is 0. The summed E-state index contributed by atoms with van der Waals surface area (Å²) in [5.41, 5.74) is 1.11. The summed E-state index contributed by atoms with van der Waals surface area (Å²) in [6, 6.07) is 6.42. The highest BCUT2D eigenvalue weighted by atomic mass is 15.3. The van der Waals surface area contributed by atoms with E-state index in [2.05, 4.69) is 31.1 Å². The van der Waals surface area contributed by atoms with E-state index in [0.717, 1.165) is 31.0 Å². The molecular weight excluding hydrogens is 226 g/mol. The number of aromatic amines is 1. The van der Waals surface area contributed by atoms with E-state index in [9.17, 15) is 0 Å². The van der Waals surface area contributed by atoms with Crippen molar-refractivity contribution >= 4 is 0 Å². The highest BCUT2D eigenvalue weighted by Gasteiger charge is 2.26. The van der Waals surface area contributed by atoms with E-state index in [1.54, 1.807) is 6.33 Å². The molecule has 0 saturated carbocycles. The smallest absolute Gasteiger partial charge is 0.141 e. The maximum atomic E-state index is 4.40. The Kier molecular flexibility index (Phi) is 3.32. The Bertz CT molecular complexity index is 467. The Labute approximate surface area is 106 Å². The summed E-state index contributed by atoms with van der Waals surface area (Å²) in [6.07, 6.45) is 7.08. The largest absolute Gasteiger partial charge is 0.288 e. The average Bonchev–Trinajstić information content (AvgIpc) is 2.94. The van der Waals surface area contributed by atoms with Gasteiger partial charge >= 0.3 is 0 Å². The fourth-order valence-corrected chi connectivity index (χ4v) is 2.57. The van der Waals surface area contributed by atoms with Gasteiger partial charge in [-0.25, -0.2) is 4.98 Å². The molecule has 1 aliphatic rings. The minimum atomic E-state index is 0.350. The number of likely N-dealkylation sites (tertiary alicyclic amines) is 1. The van der Waals surface area contributed by atoms with Gasteiger partial charge in [0.05, 0.1) is 11.7 Å². The molecule has 0 amide bonds. The van der Waals surface area contributed by atoms with Gasteiger partial charge in [-0.15, -0.1) is 0 Å². The van der Waals surface area contributed by atoms with Gasteiger partial charge in [-0.05, 0) is 31.5 Å². The van der Waals surface area contributed by atoms with Crippen molar-refractivity contribution in [3.8, 4) is 0 Å². The van der Waals surface area contributed by atoms with Crippen LogP contribution in [0, 0.1) is 0 Å². The van der Waals surface area contributed by atoms with Gasteiger partial charge in [0.2, 0.25) is 0 Å². The normalized spacial score (nSPS) is 21.0. The standard InChI is InChI=1S/C13H17N5/c1-3-7-14-11(5-1)9-18-8-4-2-6-12(18)13-15-10-16-17-13/h1,3,5,7,10,12H,2,4,6,8-9H2,(H,15,16,17). The second kappa shape index (κ2) is 5.27. The molecule has 0 bridgehead atoms. The van der Waals surface area contributed by atoms with Crippen molar-refractivity contribution in [1.82, 2.24) is 25.1 Å². The fourth-order valence-electron chi connectivity index (χ4n) is 2.57. The van der Waals surface area contributed by atoms with Crippen LogP contribution in [0.5, 0.6) is 0 Å². The maximum Gasteiger partial charge on any atom is 0.141 e. The van der Waals surface area contributed by atoms with E-state index >= 15 is 0 Å². The number of hydrogen-bond donors (Lipinski definition) is 1. The molecule has 0 aliphatic carbocycles. The molecule has 3 heterocycles. The van der Waals surface area contributed by atoms with Crippen LogP contribution in [0.1, 0.15) is 36.8 Å². The third kappa shape index (κ3) is 2.41. The lowest BCUT2D eigenvalue weighted by molar-refractivity contribution is 0.132. The Morgan fingerprint density at radius 1 is 1.28 bits per heavy atom. The van der Waals surface area contributed by atoms with E-state index < -0.39 is 0 Å². The Balaban J connectivity index is 1.76. The monoisotopic (exact) mass is 243 g/mol. The van der Waals surface area contributed by atoms with Gasteiger partial charge in [-0.2, -0.15) is 5.10 Å². The number of aromatic nitrogens is 4. The Morgan fingerprint density at radius 3 is 3.06 bits per heavy atom. The number of H-pyrrole nitrogens is 1. The van der Waals surface area contributed by atoms with Crippen LogP contribution in [0.15, 0.2) is 30.7 Å². The number of pyridine rings is 1. The summed E-state index contributed by atoms with van der Waals surface area (Å²) < 4.78 is 0. The Morgan fingerprint density at radius 2 is 2.28 bits per heavy atom. The summed E-state index contributed by atoms with van der Waals surface area (Å²) in [6.45, 7) is 1.98. The zero-order valence-corrected chi connectivity index (χ0v) is 10.3. The molecular formula is C13H17N5. The lowest BCUT2D eigenvalue weighted by Crippen LogP contribution is -2.33. The van der Waals surface area contributed by atoms with Crippen LogP contribution < -0.4 is 0 Å². The lowest BCUT2D eigenvalue weighted by Gasteiger charge is -2.33. The molecule has 0 spiro atoms. The number of rotatable bonds is 3. The zero-order valence-electron chi connectivity index (χ0n) is 10.3. The molecule has 1 saturated heterocycles. The van der Waals surface area contributed by atoms with Crippen molar-refractivity contribution < 1.29 is 0 Å². The number of nitrogens with one attached hydrogen (secondary N) is 1. The van der Waals surface area contributed by atoms with Gasteiger partial charge in [0.15, 0.2) is 0 Å². The third-order valence-corrected chi connectivity index (χ3v) is 3.45. The van der Waals surface area contributed by atoms with Gasteiger partial charge < -0.3 is 0 Å². The minimum absolute atomic E-state index is 0.350. The molecule has 1 aliphatic heterocycles. The molecule has 94 valence electrons. The van der Waals surface area contributed by atoms with Crippen molar-refractivity contribution in [3.63, 3.8) is 0 Å². The van der Waals surface area contributed by atoms with Crippen molar-refractivity contribution in [2.24, 2.45) is 0 Å². The first-order chi connectivity index (χ1) is 8.93. The molecule has 1 N–H and O–H groups in total. The van der Waals surface area contributed by atoms with Crippen molar-refractivity contribution in [3.05, 3.63) is 42.2 Å². The molecule has 0 aromatic carbocycles. The molecule has 0 radical (unpaired) electrons. The molecule has 1 fully saturated rings. The van der Waals surface area contributed by atoms with Crippen LogP contribution in [0.25, 0.3) is 0 Å². The second-order valence-corrected chi connectivity index (χ2v) is 4.67. The molecule has 1 atom stereocenters. The molecule has 18 heavy (non-hydrogen) atoms. The lowest BCUT2D eigenvalue weighted by atomic mass is 10.0. The van der Waals surface area contributed by atoms with Crippen LogP contribution in [0.4, 0.5) is 0 Å². The predicted octanol–water partition coefficient (Wildman–Crippen LogP) is 1.93. The highest BCUT2D eigenvalue weighted by molar-refractivity contribution is 5.05. The molecule has 3 rings (SSSR count). The first kappa shape index (κ1) is 11.3. The molecule has 5 nitrogen and oxygen atoms in total. The van der Waals surface area contributed by atoms with Crippen LogP contribution in [0.2, 0.25) is 0 Å². The van der Waals surface area contributed by atoms with Crippen LogP contribution in [-0.2, 0) is 6.54 Å². The second-order valence-electron chi connectivity index (χ2n) is 4.67. The van der Waals surface area contributed by atoms with Crippen LogP contribution in [0.3, 0.4) is 0 Å². The highest BCUT2D eigenvalue weighted by Crippen LogP contribution is 2.29.